The zero-order chi connectivity index (χ0) is 17.0. The number of rotatable bonds is 6. The number of carbonyl (C=O) groups excluding carboxylic acids is 1. The monoisotopic (exact) mass is 330 g/mol. The maximum atomic E-state index is 12.6. The molecular formula is C17H18N2O3S. The second-order valence-corrected chi connectivity index (χ2v) is 5.46. The van der Waals surface area contributed by atoms with Crippen LogP contribution in [-0.4, -0.2) is 28.7 Å². The Labute approximate surface area is 139 Å². The summed E-state index contributed by atoms with van der Waals surface area (Å²) >= 11 is 4.03. The molecule has 6 heteroatoms. The normalized spacial score (nSPS) is 12.0. The number of carboxylic acids is 1. The molecule has 0 heterocycles. The number of benzene rings is 2. The van der Waals surface area contributed by atoms with Crippen molar-refractivity contribution in [3.05, 3.63) is 59.2 Å². The second-order valence-electron chi connectivity index (χ2n) is 5.09. The van der Waals surface area contributed by atoms with Crippen molar-refractivity contribution in [3.8, 4) is 11.1 Å². The third kappa shape index (κ3) is 3.61. The summed E-state index contributed by atoms with van der Waals surface area (Å²) in [5.74, 6) is -1.47. The highest BCUT2D eigenvalue weighted by Crippen LogP contribution is 2.28. The number of aromatic carboxylic acids is 1. The predicted octanol–water partition coefficient (Wildman–Crippen LogP) is 1.95. The minimum atomic E-state index is -1.17. The van der Waals surface area contributed by atoms with Crippen LogP contribution >= 0.6 is 12.6 Å². The summed E-state index contributed by atoms with van der Waals surface area (Å²) in [7, 11) is 0. The molecule has 5 nitrogen and oxygen atoms in total. The first-order valence-electron chi connectivity index (χ1n) is 7.06. The first kappa shape index (κ1) is 17.2. The third-order valence-electron chi connectivity index (χ3n) is 3.55. The molecule has 0 aliphatic rings. The van der Waals surface area contributed by atoms with Crippen molar-refractivity contribution in [3.63, 3.8) is 0 Å². The first-order valence-corrected chi connectivity index (χ1v) is 7.69. The minimum absolute atomic E-state index is 0.0668. The van der Waals surface area contributed by atoms with E-state index in [4.69, 9.17) is 11.5 Å². The van der Waals surface area contributed by atoms with E-state index in [-0.39, 0.29) is 16.9 Å². The van der Waals surface area contributed by atoms with Gasteiger partial charge in [0.1, 0.15) is 0 Å². The zero-order valence-corrected chi connectivity index (χ0v) is 13.3. The zero-order valence-electron chi connectivity index (χ0n) is 12.4. The van der Waals surface area contributed by atoms with E-state index < -0.39 is 17.8 Å². The summed E-state index contributed by atoms with van der Waals surface area (Å²) in [6, 6.07) is 11.2. The van der Waals surface area contributed by atoms with Crippen LogP contribution in [0.1, 0.15) is 26.3 Å². The van der Waals surface area contributed by atoms with E-state index in [1.54, 1.807) is 12.1 Å². The molecule has 0 saturated carbocycles. The van der Waals surface area contributed by atoms with Gasteiger partial charge in [-0.25, -0.2) is 4.79 Å². The lowest BCUT2D eigenvalue weighted by molar-refractivity contribution is 0.0691. The van der Waals surface area contributed by atoms with E-state index in [9.17, 15) is 14.7 Å². The van der Waals surface area contributed by atoms with Gasteiger partial charge < -0.3 is 16.6 Å². The number of thiol groups is 1. The Bertz CT molecular complexity index is 746. The molecule has 23 heavy (non-hydrogen) atoms. The van der Waals surface area contributed by atoms with Crippen molar-refractivity contribution in [2.45, 2.75) is 12.6 Å². The van der Waals surface area contributed by atoms with E-state index in [1.165, 1.54) is 6.07 Å². The Morgan fingerprint density at radius 2 is 1.87 bits per heavy atom. The minimum Gasteiger partial charge on any atom is -0.478 e. The summed E-state index contributed by atoms with van der Waals surface area (Å²) in [4.78, 5) is 24.1. The Hall–Kier alpha value is -2.15. The molecule has 1 atom stereocenters. The van der Waals surface area contributed by atoms with E-state index in [1.807, 2.05) is 24.3 Å². The van der Waals surface area contributed by atoms with Crippen LogP contribution in [0.25, 0.3) is 11.1 Å². The average molecular weight is 330 g/mol. The fourth-order valence-corrected chi connectivity index (χ4v) is 2.54. The molecule has 0 fully saturated rings. The van der Waals surface area contributed by atoms with Gasteiger partial charge in [-0.15, -0.1) is 0 Å². The number of carboxylic acid groups (broad SMARTS) is 1. The van der Waals surface area contributed by atoms with Crippen LogP contribution in [0.4, 0.5) is 0 Å². The standard InChI is InChI=1S/C17H18N2O3S/c18-8-10-3-1-4-11(7-10)12-5-2-6-13(17(21)22)15(12)16(20)14(19)9-23/h1-7,14,23H,8-9,18-19H2,(H,21,22)/t14-/m0/s1. The summed E-state index contributed by atoms with van der Waals surface area (Å²) < 4.78 is 0. The molecule has 2 aromatic rings. The van der Waals surface area contributed by atoms with E-state index >= 15 is 0 Å². The van der Waals surface area contributed by atoms with Crippen LogP contribution in [0.2, 0.25) is 0 Å². The number of ketones is 1. The molecule has 5 N–H and O–H groups in total. The van der Waals surface area contributed by atoms with Gasteiger partial charge in [0.2, 0.25) is 0 Å². The van der Waals surface area contributed by atoms with Gasteiger partial charge in [-0.2, -0.15) is 12.6 Å². The summed E-state index contributed by atoms with van der Waals surface area (Å²) in [6.07, 6.45) is 0. The van der Waals surface area contributed by atoms with Crippen LogP contribution in [0.5, 0.6) is 0 Å². The van der Waals surface area contributed by atoms with Gasteiger partial charge in [0.05, 0.1) is 11.6 Å². The highest BCUT2D eigenvalue weighted by molar-refractivity contribution is 7.80. The van der Waals surface area contributed by atoms with Crippen molar-refractivity contribution in [2.24, 2.45) is 11.5 Å². The SMILES string of the molecule is NCc1cccc(-c2cccc(C(=O)O)c2C(=O)[C@@H](N)CS)c1. The van der Waals surface area contributed by atoms with Crippen LogP contribution in [0.15, 0.2) is 42.5 Å². The summed E-state index contributed by atoms with van der Waals surface area (Å²) in [6.45, 7) is 0.353. The quantitative estimate of drug-likeness (QED) is 0.478. The lowest BCUT2D eigenvalue weighted by Gasteiger charge is -2.15. The topological polar surface area (TPSA) is 106 Å². The maximum Gasteiger partial charge on any atom is 0.336 e. The smallest absolute Gasteiger partial charge is 0.336 e. The van der Waals surface area contributed by atoms with Crippen LogP contribution in [0.3, 0.4) is 0 Å². The Morgan fingerprint density at radius 1 is 1.17 bits per heavy atom. The fraction of sp³-hybridized carbons (Fsp3) is 0.176. The molecule has 2 rings (SSSR count). The molecule has 0 aliphatic heterocycles. The van der Waals surface area contributed by atoms with Gasteiger partial charge in [0.15, 0.2) is 5.78 Å². The largest absolute Gasteiger partial charge is 0.478 e. The van der Waals surface area contributed by atoms with E-state index in [0.29, 0.717) is 12.1 Å². The van der Waals surface area contributed by atoms with Crippen LogP contribution < -0.4 is 11.5 Å². The van der Waals surface area contributed by atoms with Crippen molar-refractivity contribution in [1.29, 1.82) is 0 Å². The highest BCUT2D eigenvalue weighted by atomic mass is 32.1. The van der Waals surface area contributed by atoms with Gasteiger partial charge in [-0.3, -0.25) is 4.79 Å². The van der Waals surface area contributed by atoms with Crippen molar-refractivity contribution in [2.75, 3.05) is 5.75 Å². The fourth-order valence-electron chi connectivity index (χ4n) is 2.37. The Morgan fingerprint density at radius 3 is 2.48 bits per heavy atom. The van der Waals surface area contributed by atoms with Crippen molar-refractivity contribution in [1.82, 2.24) is 0 Å². The predicted molar refractivity (Wildman–Crippen MR) is 92.9 cm³/mol. The van der Waals surface area contributed by atoms with Gasteiger partial charge in [-0.1, -0.05) is 30.3 Å². The maximum absolute atomic E-state index is 12.6. The van der Waals surface area contributed by atoms with E-state index in [2.05, 4.69) is 12.6 Å². The average Bonchev–Trinajstić information content (AvgIpc) is 2.59. The Balaban J connectivity index is 2.70. The van der Waals surface area contributed by atoms with Gasteiger partial charge in [0.25, 0.3) is 0 Å². The molecule has 0 aromatic heterocycles. The number of carbonyl (C=O) groups is 2. The van der Waals surface area contributed by atoms with Gasteiger partial charge in [-0.05, 0) is 28.8 Å². The Kier molecular flexibility index (Phi) is 5.54. The molecule has 0 spiro atoms. The second kappa shape index (κ2) is 7.41. The van der Waals surface area contributed by atoms with Gasteiger partial charge in [0, 0.05) is 17.9 Å². The molecule has 0 saturated heterocycles. The van der Waals surface area contributed by atoms with Crippen LogP contribution in [0, 0.1) is 0 Å². The number of hydrogen-bond donors (Lipinski definition) is 4. The first-order chi connectivity index (χ1) is 11.0. The number of nitrogens with two attached hydrogens (primary N) is 2. The van der Waals surface area contributed by atoms with Gasteiger partial charge >= 0.3 is 5.97 Å². The molecule has 2 aromatic carbocycles. The van der Waals surface area contributed by atoms with Crippen molar-refractivity contribution < 1.29 is 14.7 Å². The molecule has 0 aliphatic carbocycles. The third-order valence-corrected chi connectivity index (χ3v) is 3.94. The molecule has 0 unspecified atom stereocenters. The molecular weight excluding hydrogens is 312 g/mol. The summed E-state index contributed by atoms with van der Waals surface area (Å²) in [5, 5.41) is 9.41. The van der Waals surface area contributed by atoms with Crippen LogP contribution in [-0.2, 0) is 6.54 Å². The molecule has 0 amide bonds. The highest BCUT2D eigenvalue weighted by Gasteiger charge is 2.24. The van der Waals surface area contributed by atoms with E-state index in [0.717, 1.165) is 11.1 Å². The molecule has 0 radical (unpaired) electrons. The lowest BCUT2D eigenvalue weighted by Crippen LogP contribution is -2.33. The summed E-state index contributed by atoms with van der Waals surface area (Å²) in [5.41, 5.74) is 13.6. The number of hydrogen-bond acceptors (Lipinski definition) is 5. The molecule has 120 valence electrons. The molecule has 0 bridgehead atoms. The number of Topliss-reactive ketones (excluding diaryl/α,β-unsaturated/α-hetero) is 1. The van der Waals surface area contributed by atoms with Crippen molar-refractivity contribution >= 4 is 24.4 Å². The lowest BCUT2D eigenvalue weighted by atomic mass is 9.90.